The molecule has 2 N–H and O–H groups in total. The third kappa shape index (κ3) is 2.49. The second-order valence-electron chi connectivity index (χ2n) is 4.76. The summed E-state index contributed by atoms with van der Waals surface area (Å²) in [6.45, 7) is 1.62. The fourth-order valence-corrected chi connectivity index (χ4v) is 2.05. The van der Waals surface area contributed by atoms with Gasteiger partial charge in [-0.2, -0.15) is 0 Å². The Morgan fingerprint density at radius 1 is 1.21 bits per heavy atom. The average Bonchev–Trinajstić information content (AvgIpc) is 3.22. The van der Waals surface area contributed by atoms with Crippen molar-refractivity contribution >= 4 is 5.97 Å². The van der Waals surface area contributed by atoms with Crippen LogP contribution in [-0.2, 0) is 33.8 Å². The van der Waals surface area contributed by atoms with Crippen molar-refractivity contribution in [3.05, 3.63) is 16.2 Å². The number of hydrogen-bond donors (Lipinski definition) is 2. The van der Waals surface area contributed by atoms with Crippen LogP contribution in [0.3, 0.4) is 0 Å². The standard InChI is InChI=1S/C11H14N2O6/c14-9(15)1-8-10(16)13(3-7-5-19-7)11(17)12(8)2-6-4-18-6/h6-7,16H,1-5H2,(H,14,15). The third-order valence-corrected chi connectivity index (χ3v) is 3.20. The lowest BCUT2D eigenvalue weighted by molar-refractivity contribution is -0.136. The van der Waals surface area contributed by atoms with Gasteiger partial charge in [-0.1, -0.05) is 0 Å². The van der Waals surface area contributed by atoms with Crippen LogP contribution < -0.4 is 5.69 Å². The van der Waals surface area contributed by atoms with Gasteiger partial charge in [-0.05, 0) is 0 Å². The summed E-state index contributed by atoms with van der Waals surface area (Å²) in [5.41, 5.74) is -0.298. The van der Waals surface area contributed by atoms with Gasteiger partial charge in [0.1, 0.15) is 0 Å². The first-order chi connectivity index (χ1) is 9.06. The van der Waals surface area contributed by atoms with Gasteiger partial charge >= 0.3 is 11.7 Å². The third-order valence-electron chi connectivity index (χ3n) is 3.20. The van der Waals surface area contributed by atoms with E-state index in [-0.39, 0.29) is 36.9 Å². The lowest BCUT2D eigenvalue weighted by Gasteiger charge is -2.02. The van der Waals surface area contributed by atoms with Crippen LogP contribution in [0.25, 0.3) is 0 Å². The molecule has 19 heavy (non-hydrogen) atoms. The van der Waals surface area contributed by atoms with Crippen LogP contribution in [0.1, 0.15) is 5.69 Å². The minimum Gasteiger partial charge on any atom is -0.493 e. The number of aliphatic carboxylic acids is 1. The number of imidazole rings is 1. The van der Waals surface area contributed by atoms with Crippen molar-refractivity contribution in [2.75, 3.05) is 13.2 Å². The van der Waals surface area contributed by atoms with E-state index in [1.54, 1.807) is 0 Å². The first-order valence-corrected chi connectivity index (χ1v) is 6.02. The predicted octanol–water partition coefficient (Wildman–Crippen LogP) is -1.22. The Kier molecular flexibility index (Phi) is 2.83. The Balaban J connectivity index is 1.97. The number of hydrogen-bond acceptors (Lipinski definition) is 5. The van der Waals surface area contributed by atoms with E-state index in [4.69, 9.17) is 14.6 Å². The molecule has 2 atom stereocenters. The Bertz CT molecular complexity index is 566. The van der Waals surface area contributed by atoms with Crippen LogP contribution in [0.5, 0.6) is 5.88 Å². The monoisotopic (exact) mass is 270 g/mol. The SMILES string of the molecule is O=C(O)Cc1c(O)n(CC2CO2)c(=O)n1CC1CO1. The molecule has 0 amide bonds. The number of aromatic hydroxyl groups is 1. The van der Waals surface area contributed by atoms with Crippen molar-refractivity contribution < 1.29 is 24.5 Å². The summed E-state index contributed by atoms with van der Waals surface area (Å²) in [7, 11) is 0. The number of epoxide rings is 2. The zero-order valence-electron chi connectivity index (χ0n) is 10.1. The summed E-state index contributed by atoms with van der Waals surface area (Å²) in [6, 6.07) is 0. The summed E-state index contributed by atoms with van der Waals surface area (Å²) in [5, 5.41) is 18.9. The molecule has 0 radical (unpaired) electrons. The van der Waals surface area contributed by atoms with Crippen LogP contribution in [0.2, 0.25) is 0 Å². The molecule has 2 saturated heterocycles. The molecule has 0 bridgehead atoms. The van der Waals surface area contributed by atoms with Gasteiger partial charge in [-0.15, -0.1) is 0 Å². The van der Waals surface area contributed by atoms with Crippen LogP contribution in [0, 0.1) is 0 Å². The van der Waals surface area contributed by atoms with E-state index in [0.29, 0.717) is 13.2 Å². The van der Waals surface area contributed by atoms with Crippen molar-refractivity contribution in [3.63, 3.8) is 0 Å². The van der Waals surface area contributed by atoms with Crippen molar-refractivity contribution in [1.82, 2.24) is 9.13 Å². The highest BCUT2D eigenvalue weighted by molar-refractivity contribution is 5.70. The summed E-state index contributed by atoms with van der Waals surface area (Å²) >= 11 is 0. The van der Waals surface area contributed by atoms with E-state index in [9.17, 15) is 14.7 Å². The summed E-state index contributed by atoms with van der Waals surface area (Å²) in [4.78, 5) is 23.0. The second-order valence-corrected chi connectivity index (χ2v) is 4.76. The molecule has 1 aromatic rings. The molecule has 8 nitrogen and oxygen atoms in total. The van der Waals surface area contributed by atoms with E-state index in [1.807, 2.05) is 0 Å². The van der Waals surface area contributed by atoms with E-state index in [1.165, 1.54) is 9.13 Å². The van der Waals surface area contributed by atoms with Crippen molar-refractivity contribution in [2.24, 2.45) is 0 Å². The highest BCUT2D eigenvalue weighted by Gasteiger charge is 2.31. The number of ether oxygens (including phenoxy) is 2. The molecule has 3 heterocycles. The Morgan fingerprint density at radius 2 is 1.74 bits per heavy atom. The molecule has 0 aromatic carbocycles. The van der Waals surface area contributed by atoms with E-state index < -0.39 is 18.1 Å². The quantitative estimate of drug-likeness (QED) is 0.627. The van der Waals surface area contributed by atoms with Crippen LogP contribution in [0.15, 0.2) is 4.79 Å². The van der Waals surface area contributed by atoms with Crippen molar-refractivity contribution in [3.8, 4) is 5.88 Å². The molecule has 2 aliphatic heterocycles. The normalized spacial score (nSPS) is 24.4. The fraction of sp³-hybridized carbons (Fsp3) is 0.636. The van der Waals surface area contributed by atoms with Crippen LogP contribution in [0.4, 0.5) is 0 Å². The van der Waals surface area contributed by atoms with Crippen molar-refractivity contribution in [1.29, 1.82) is 0 Å². The number of carbonyl (C=O) groups is 1. The molecule has 2 aliphatic rings. The molecular formula is C11H14N2O6. The minimum absolute atomic E-state index is 0.0716. The Labute approximate surface area is 107 Å². The van der Waals surface area contributed by atoms with Gasteiger partial charge in [-0.25, -0.2) is 4.79 Å². The smallest absolute Gasteiger partial charge is 0.331 e. The second kappa shape index (κ2) is 4.39. The van der Waals surface area contributed by atoms with Gasteiger partial charge in [0.05, 0.1) is 50.6 Å². The maximum Gasteiger partial charge on any atom is 0.331 e. The van der Waals surface area contributed by atoms with Crippen LogP contribution in [-0.4, -0.2) is 50.7 Å². The molecule has 0 aliphatic carbocycles. The van der Waals surface area contributed by atoms with E-state index >= 15 is 0 Å². The fourth-order valence-electron chi connectivity index (χ4n) is 2.05. The number of carboxylic acids is 1. The zero-order chi connectivity index (χ0) is 13.6. The summed E-state index contributed by atoms with van der Waals surface area (Å²) in [5.74, 6) is -1.39. The van der Waals surface area contributed by atoms with Gasteiger partial charge < -0.3 is 19.7 Å². The maximum atomic E-state index is 12.2. The predicted molar refractivity (Wildman–Crippen MR) is 61.2 cm³/mol. The lowest BCUT2D eigenvalue weighted by atomic mass is 10.3. The molecule has 3 rings (SSSR count). The molecule has 2 fully saturated rings. The maximum absolute atomic E-state index is 12.2. The van der Waals surface area contributed by atoms with Crippen molar-refractivity contribution in [2.45, 2.75) is 31.7 Å². The molecule has 0 saturated carbocycles. The average molecular weight is 270 g/mol. The number of rotatable bonds is 6. The van der Waals surface area contributed by atoms with E-state index in [0.717, 1.165) is 0 Å². The summed E-state index contributed by atoms with van der Waals surface area (Å²) < 4.78 is 12.5. The Morgan fingerprint density at radius 3 is 2.21 bits per heavy atom. The highest BCUT2D eigenvalue weighted by Crippen LogP contribution is 2.22. The largest absolute Gasteiger partial charge is 0.493 e. The zero-order valence-corrected chi connectivity index (χ0v) is 10.1. The van der Waals surface area contributed by atoms with Gasteiger partial charge in [0.2, 0.25) is 5.88 Å². The first-order valence-electron chi connectivity index (χ1n) is 6.02. The number of aromatic nitrogens is 2. The minimum atomic E-state index is -1.10. The molecule has 8 heteroatoms. The highest BCUT2D eigenvalue weighted by atomic mass is 16.6. The van der Waals surface area contributed by atoms with Gasteiger partial charge in [0.25, 0.3) is 0 Å². The Hall–Kier alpha value is -1.80. The molecule has 2 unspecified atom stereocenters. The number of carboxylic acid groups (broad SMARTS) is 1. The van der Waals surface area contributed by atoms with Gasteiger partial charge in [-0.3, -0.25) is 13.9 Å². The molecular weight excluding hydrogens is 256 g/mol. The summed E-state index contributed by atoms with van der Waals surface area (Å²) in [6.07, 6.45) is -0.543. The lowest BCUT2D eigenvalue weighted by Crippen LogP contribution is -2.28. The van der Waals surface area contributed by atoms with Gasteiger partial charge in [0, 0.05) is 0 Å². The molecule has 1 aromatic heterocycles. The topological polar surface area (TPSA) is 110 Å². The molecule has 0 spiro atoms. The molecule has 104 valence electrons. The first kappa shape index (κ1) is 12.2. The van der Waals surface area contributed by atoms with E-state index in [2.05, 4.69) is 0 Å². The van der Waals surface area contributed by atoms with Gasteiger partial charge in [0.15, 0.2) is 0 Å². The van der Waals surface area contributed by atoms with Crippen LogP contribution >= 0.6 is 0 Å². The number of nitrogens with zero attached hydrogens (tertiary/aromatic N) is 2.